The molecule has 1 nitrogen and oxygen atoms in total. The number of hydrogen-bond acceptors (Lipinski definition) is 1. The van der Waals surface area contributed by atoms with Crippen molar-refractivity contribution in [2.24, 2.45) is 5.41 Å². The molecule has 0 fully saturated rings. The van der Waals surface area contributed by atoms with Crippen LogP contribution >= 0.6 is 11.6 Å². The average Bonchev–Trinajstić information content (AvgIpc) is 2.19. The predicted octanol–water partition coefficient (Wildman–Crippen LogP) is 4.32. The molecule has 0 heterocycles. The van der Waals surface area contributed by atoms with Gasteiger partial charge in [0.05, 0.1) is 0 Å². The molecule has 0 saturated heterocycles. The van der Waals surface area contributed by atoms with Gasteiger partial charge in [0.2, 0.25) is 0 Å². The van der Waals surface area contributed by atoms with Gasteiger partial charge in [0.15, 0.2) is 0 Å². The highest BCUT2D eigenvalue weighted by Crippen LogP contribution is 2.18. The highest BCUT2D eigenvalue weighted by molar-refractivity contribution is 6.17. The monoisotopic (exact) mass is 239 g/mol. The minimum Gasteiger partial charge on any atom is -0.385 e. The van der Waals surface area contributed by atoms with E-state index in [9.17, 15) is 0 Å². The Balaban J connectivity index is 2.37. The first-order valence-electron chi connectivity index (χ1n) is 5.90. The molecule has 0 aliphatic carbocycles. The van der Waals surface area contributed by atoms with Crippen LogP contribution in [0.4, 0.5) is 5.69 Å². The van der Waals surface area contributed by atoms with Crippen molar-refractivity contribution in [3.8, 4) is 0 Å². The summed E-state index contributed by atoms with van der Waals surface area (Å²) < 4.78 is 0. The van der Waals surface area contributed by atoms with Crippen LogP contribution in [0.3, 0.4) is 0 Å². The Morgan fingerprint density at radius 3 is 2.25 bits per heavy atom. The second kappa shape index (κ2) is 6.15. The Hall–Kier alpha value is -0.690. The van der Waals surface area contributed by atoms with E-state index in [-0.39, 0.29) is 0 Å². The summed E-state index contributed by atoms with van der Waals surface area (Å²) in [5.41, 5.74) is 2.89. The molecule has 0 amide bonds. The predicted molar refractivity (Wildman–Crippen MR) is 73.4 cm³/mol. The first-order valence-corrected chi connectivity index (χ1v) is 6.43. The normalized spacial score (nSPS) is 11.5. The summed E-state index contributed by atoms with van der Waals surface area (Å²) in [5, 5.41) is 3.44. The van der Waals surface area contributed by atoms with Crippen molar-refractivity contribution in [2.75, 3.05) is 17.7 Å². The Morgan fingerprint density at radius 2 is 1.75 bits per heavy atom. The lowest BCUT2D eigenvalue weighted by Crippen LogP contribution is -2.12. The van der Waals surface area contributed by atoms with Gasteiger partial charge in [0.1, 0.15) is 0 Å². The number of aryl methyl sites for hydroxylation is 1. The van der Waals surface area contributed by atoms with Crippen LogP contribution in [-0.2, 0) is 6.42 Å². The minimum atomic E-state index is 0.394. The summed E-state index contributed by atoms with van der Waals surface area (Å²) in [6, 6.07) is 8.54. The zero-order chi connectivity index (χ0) is 12.0. The standard InChI is InChI=1S/C14H22ClN/c1-14(2,3)9-11-16-13-6-4-12(5-7-13)8-10-15/h4-7,16H,8-11H2,1-3H3. The van der Waals surface area contributed by atoms with Crippen LogP contribution in [0.1, 0.15) is 32.8 Å². The Kier molecular flexibility index (Phi) is 5.14. The highest BCUT2D eigenvalue weighted by atomic mass is 35.5. The molecule has 0 radical (unpaired) electrons. The second-order valence-corrected chi connectivity index (χ2v) is 5.75. The van der Waals surface area contributed by atoms with Gasteiger partial charge in [-0.15, -0.1) is 11.6 Å². The van der Waals surface area contributed by atoms with E-state index in [0.717, 1.165) is 13.0 Å². The molecule has 1 aromatic carbocycles. The van der Waals surface area contributed by atoms with Crippen LogP contribution in [0.5, 0.6) is 0 Å². The fraction of sp³-hybridized carbons (Fsp3) is 0.571. The molecule has 0 aliphatic rings. The average molecular weight is 240 g/mol. The van der Waals surface area contributed by atoms with E-state index in [1.165, 1.54) is 17.7 Å². The molecule has 0 aliphatic heterocycles. The van der Waals surface area contributed by atoms with Crippen molar-refractivity contribution >= 4 is 17.3 Å². The summed E-state index contributed by atoms with van der Waals surface area (Å²) in [5.74, 6) is 0.691. The molecule has 0 saturated carbocycles. The van der Waals surface area contributed by atoms with Crippen LogP contribution in [0.2, 0.25) is 0 Å². The topological polar surface area (TPSA) is 12.0 Å². The fourth-order valence-electron chi connectivity index (χ4n) is 1.48. The molecule has 1 rings (SSSR count). The molecule has 0 aromatic heterocycles. The van der Waals surface area contributed by atoms with Crippen molar-refractivity contribution in [1.29, 1.82) is 0 Å². The van der Waals surface area contributed by atoms with Crippen molar-refractivity contribution < 1.29 is 0 Å². The van der Waals surface area contributed by atoms with E-state index in [4.69, 9.17) is 11.6 Å². The molecule has 2 heteroatoms. The third-order valence-electron chi connectivity index (χ3n) is 2.54. The molecule has 0 atom stereocenters. The van der Waals surface area contributed by atoms with Crippen LogP contribution in [0, 0.1) is 5.41 Å². The first-order chi connectivity index (χ1) is 7.51. The summed E-state index contributed by atoms with van der Waals surface area (Å²) >= 11 is 5.69. The first kappa shape index (κ1) is 13.4. The molecule has 1 N–H and O–H groups in total. The van der Waals surface area contributed by atoms with E-state index in [0.29, 0.717) is 11.3 Å². The number of anilines is 1. The van der Waals surface area contributed by atoms with Gasteiger partial charge in [-0.2, -0.15) is 0 Å². The zero-order valence-corrected chi connectivity index (χ0v) is 11.3. The number of halogens is 1. The lowest BCUT2D eigenvalue weighted by Gasteiger charge is -2.18. The maximum absolute atomic E-state index is 5.69. The number of rotatable bonds is 5. The van der Waals surface area contributed by atoms with Gasteiger partial charge in [0, 0.05) is 18.1 Å². The maximum Gasteiger partial charge on any atom is 0.0340 e. The Morgan fingerprint density at radius 1 is 1.12 bits per heavy atom. The van der Waals surface area contributed by atoms with Crippen LogP contribution in [0.15, 0.2) is 24.3 Å². The molecule has 16 heavy (non-hydrogen) atoms. The summed E-state index contributed by atoms with van der Waals surface area (Å²) in [6.07, 6.45) is 2.13. The number of benzene rings is 1. The summed E-state index contributed by atoms with van der Waals surface area (Å²) in [7, 11) is 0. The van der Waals surface area contributed by atoms with Crippen molar-refractivity contribution in [2.45, 2.75) is 33.6 Å². The fourth-order valence-corrected chi connectivity index (χ4v) is 1.70. The Labute approximate surface area is 104 Å². The second-order valence-electron chi connectivity index (χ2n) is 5.37. The minimum absolute atomic E-state index is 0.394. The quantitative estimate of drug-likeness (QED) is 0.755. The van der Waals surface area contributed by atoms with Crippen LogP contribution in [-0.4, -0.2) is 12.4 Å². The zero-order valence-electron chi connectivity index (χ0n) is 10.5. The van der Waals surface area contributed by atoms with Crippen molar-refractivity contribution in [3.05, 3.63) is 29.8 Å². The molecule has 1 aromatic rings. The third-order valence-corrected chi connectivity index (χ3v) is 2.73. The van der Waals surface area contributed by atoms with Gasteiger partial charge >= 0.3 is 0 Å². The third kappa shape index (κ3) is 5.41. The van der Waals surface area contributed by atoms with Gasteiger partial charge < -0.3 is 5.32 Å². The van der Waals surface area contributed by atoms with Gasteiger partial charge in [-0.3, -0.25) is 0 Å². The van der Waals surface area contributed by atoms with E-state index in [1.807, 2.05) is 0 Å². The number of hydrogen-bond donors (Lipinski definition) is 1. The van der Waals surface area contributed by atoms with Gasteiger partial charge in [0.25, 0.3) is 0 Å². The van der Waals surface area contributed by atoms with Crippen LogP contribution in [0.25, 0.3) is 0 Å². The van der Waals surface area contributed by atoms with E-state index in [2.05, 4.69) is 50.4 Å². The smallest absolute Gasteiger partial charge is 0.0340 e. The van der Waals surface area contributed by atoms with Crippen molar-refractivity contribution in [1.82, 2.24) is 0 Å². The number of nitrogens with one attached hydrogen (secondary N) is 1. The van der Waals surface area contributed by atoms with E-state index < -0.39 is 0 Å². The largest absolute Gasteiger partial charge is 0.385 e. The molecular formula is C14H22ClN. The Bertz CT molecular complexity index is 298. The van der Waals surface area contributed by atoms with E-state index in [1.54, 1.807) is 0 Å². The lowest BCUT2D eigenvalue weighted by atomic mass is 9.92. The number of alkyl halides is 1. The lowest BCUT2D eigenvalue weighted by molar-refractivity contribution is 0.390. The molecule has 0 spiro atoms. The molecule has 0 bridgehead atoms. The summed E-state index contributed by atoms with van der Waals surface area (Å²) in [6.45, 7) is 7.81. The van der Waals surface area contributed by atoms with Gasteiger partial charge in [-0.05, 0) is 36.0 Å². The van der Waals surface area contributed by atoms with Gasteiger partial charge in [-0.25, -0.2) is 0 Å². The molecule has 90 valence electrons. The maximum atomic E-state index is 5.69. The van der Waals surface area contributed by atoms with Crippen molar-refractivity contribution in [3.63, 3.8) is 0 Å². The van der Waals surface area contributed by atoms with Gasteiger partial charge in [-0.1, -0.05) is 32.9 Å². The SMILES string of the molecule is CC(C)(C)CCNc1ccc(CCCl)cc1. The summed E-state index contributed by atoms with van der Waals surface area (Å²) in [4.78, 5) is 0. The molecule has 0 unspecified atom stereocenters. The molecular weight excluding hydrogens is 218 g/mol. The van der Waals surface area contributed by atoms with Crippen LogP contribution < -0.4 is 5.32 Å². The van der Waals surface area contributed by atoms with E-state index >= 15 is 0 Å². The highest BCUT2D eigenvalue weighted by Gasteiger charge is 2.08.